The minimum Gasteiger partial charge on any atom is -0.437 e. The molecule has 4 N–H and O–H groups in total. The van der Waals surface area contributed by atoms with Gasteiger partial charge >= 0.3 is 7.05 Å². The average molecular weight is 132 g/mol. The van der Waals surface area contributed by atoms with Gasteiger partial charge in [0.2, 0.25) is 0 Å². The molecule has 0 amide bonds. The van der Waals surface area contributed by atoms with E-state index >= 15 is 0 Å². The van der Waals surface area contributed by atoms with Gasteiger partial charge in [-0.1, -0.05) is 12.2 Å². The summed E-state index contributed by atoms with van der Waals surface area (Å²) in [5, 5.41) is 11.2. The lowest BCUT2D eigenvalue weighted by Gasteiger charge is -1.99. The van der Waals surface area contributed by atoms with E-state index in [1.165, 1.54) is 0 Å². The van der Waals surface area contributed by atoms with Crippen LogP contribution in [0.2, 0.25) is 6.82 Å². The highest BCUT2D eigenvalue weighted by molar-refractivity contribution is 7.80. The summed E-state index contributed by atoms with van der Waals surface area (Å²) in [5.74, 6) is 0. The monoisotopic (exact) mass is 132 g/mol. The van der Waals surface area contributed by atoms with E-state index in [1.807, 2.05) is 0 Å². The van der Waals surface area contributed by atoms with Crippen LogP contribution in [-0.2, 0) is 0 Å². The van der Waals surface area contributed by atoms with Crippen molar-refractivity contribution in [2.24, 2.45) is 5.73 Å². The number of nitrogens with two attached hydrogens (primary N) is 1. The summed E-state index contributed by atoms with van der Waals surface area (Å²) in [5.41, 5.74) is 5.10. The van der Waals surface area contributed by atoms with Crippen molar-refractivity contribution in [3.63, 3.8) is 0 Å². The number of thiocarbonyl (C=S) groups is 1. The predicted octanol–water partition coefficient (Wildman–Crippen LogP) is -1.03. The molecule has 3 nitrogen and oxygen atoms in total. The highest BCUT2D eigenvalue weighted by Gasteiger charge is 1.99. The number of rotatable bonds is 3. The molecule has 0 aromatic carbocycles. The molecule has 0 spiro atoms. The fourth-order valence-electron chi connectivity index (χ4n) is 0.248. The topological polar surface area (TPSA) is 58.3 Å². The summed E-state index contributed by atoms with van der Waals surface area (Å²) in [6, 6.07) is 0. The summed E-state index contributed by atoms with van der Waals surface area (Å²) in [6.07, 6.45) is 0. The van der Waals surface area contributed by atoms with Gasteiger partial charge in [0.25, 0.3) is 0 Å². The zero-order valence-electron chi connectivity index (χ0n) is 4.72. The van der Waals surface area contributed by atoms with E-state index in [-0.39, 0.29) is 0 Å². The molecule has 0 saturated carbocycles. The van der Waals surface area contributed by atoms with Crippen LogP contribution in [0.5, 0.6) is 0 Å². The van der Waals surface area contributed by atoms with Gasteiger partial charge in [0.05, 0.1) is 4.99 Å². The molecule has 0 aliphatic carbocycles. The van der Waals surface area contributed by atoms with Gasteiger partial charge in [0, 0.05) is 6.54 Å². The maximum atomic E-state index is 8.57. The maximum Gasteiger partial charge on any atom is 0.373 e. The Morgan fingerprint density at radius 2 is 2.50 bits per heavy atom. The van der Waals surface area contributed by atoms with Gasteiger partial charge in [-0.25, -0.2) is 0 Å². The van der Waals surface area contributed by atoms with Crippen LogP contribution in [0.1, 0.15) is 0 Å². The van der Waals surface area contributed by atoms with E-state index < -0.39 is 7.05 Å². The molecule has 0 aliphatic heterocycles. The standard InChI is InChI=1S/C3H9BN2OS/c1-4(7)6-2-3(5)8/h6-7H,2H2,1H3,(H2,5,8). The molecule has 0 saturated heterocycles. The molecule has 0 heterocycles. The molecule has 0 aromatic rings. The number of hydrogen-bond acceptors (Lipinski definition) is 3. The van der Waals surface area contributed by atoms with E-state index in [4.69, 9.17) is 10.8 Å². The van der Waals surface area contributed by atoms with Crippen molar-refractivity contribution >= 4 is 24.3 Å². The van der Waals surface area contributed by atoms with Crippen molar-refractivity contribution in [1.29, 1.82) is 0 Å². The smallest absolute Gasteiger partial charge is 0.373 e. The van der Waals surface area contributed by atoms with Gasteiger partial charge in [-0.05, 0) is 6.82 Å². The molecule has 0 fully saturated rings. The Balaban J connectivity index is 3.05. The van der Waals surface area contributed by atoms with Gasteiger partial charge in [-0.2, -0.15) is 0 Å². The lowest BCUT2D eigenvalue weighted by molar-refractivity contribution is 0.562. The highest BCUT2D eigenvalue weighted by Crippen LogP contribution is 1.65. The van der Waals surface area contributed by atoms with Crippen LogP contribution >= 0.6 is 12.2 Å². The fraction of sp³-hybridized carbons (Fsp3) is 0.667. The molecule has 0 aliphatic rings. The molecular formula is C3H9BN2OS. The first-order chi connectivity index (χ1) is 3.63. The van der Waals surface area contributed by atoms with Crippen molar-refractivity contribution in [2.75, 3.05) is 6.54 Å². The van der Waals surface area contributed by atoms with Crippen LogP contribution < -0.4 is 11.0 Å². The Bertz CT molecular complexity index is 87.4. The first-order valence-electron chi connectivity index (χ1n) is 2.32. The summed E-state index contributed by atoms with van der Waals surface area (Å²) in [7, 11) is -0.531. The zero-order valence-corrected chi connectivity index (χ0v) is 5.53. The second-order valence-corrected chi connectivity index (χ2v) is 2.05. The first kappa shape index (κ1) is 7.87. The fourth-order valence-corrected chi connectivity index (χ4v) is 0.332. The normalized spacial score (nSPS) is 8.75. The van der Waals surface area contributed by atoms with Gasteiger partial charge in [0.1, 0.15) is 0 Å². The molecule has 5 heteroatoms. The van der Waals surface area contributed by atoms with E-state index in [1.54, 1.807) is 6.82 Å². The molecule has 0 aromatic heterocycles. The molecular weight excluding hydrogens is 123 g/mol. The third-order valence-electron chi connectivity index (χ3n) is 0.572. The molecule has 0 rings (SSSR count). The average Bonchev–Trinajstić information content (AvgIpc) is 1.61. The van der Waals surface area contributed by atoms with Gasteiger partial charge in [-0.15, -0.1) is 0 Å². The molecule has 0 radical (unpaired) electrons. The number of hydrogen-bond donors (Lipinski definition) is 3. The van der Waals surface area contributed by atoms with Crippen LogP contribution in [-0.4, -0.2) is 23.6 Å². The van der Waals surface area contributed by atoms with E-state index in [9.17, 15) is 0 Å². The van der Waals surface area contributed by atoms with Gasteiger partial charge in [0.15, 0.2) is 0 Å². The summed E-state index contributed by atoms with van der Waals surface area (Å²) in [6.45, 7) is 2.01. The molecule has 8 heavy (non-hydrogen) atoms. The molecule has 0 atom stereocenters. The van der Waals surface area contributed by atoms with Crippen LogP contribution in [0.15, 0.2) is 0 Å². The second-order valence-electron chi connectivity index (χ2n) is 1.52. The SMILES string of the molecule is CB(O)NCC(N)=S. The highest BCUT2D eigenvalue weighted by atomic mass is 32.1. The summed E-state index contributed by atoms with van der Waals surface area (Å²) >= 11 is 4.52. The Kier molecular flexibility index (Phi) is 3.77. The van der Waals surface area contributed by atoms with Crippen LogP contribution in [0.4, 0.5) is 0 Å². The van der Waals surface area contributed by atoms with Crippen molar-refractivity contribution in [3.8, 4) is 0 Å². The number of nitrogens with one attached hydrogen (secondary N) is 1. The van der Waals surface area contributed by atoms with Gasteiger partial charge < -0.3 is 16.0 Å². The van der Waals surface area contributed by atoms with E-state index in [2.05, 4.69) is 17.4 Å². The predicted molar refractivity (Wildman–Crippen MR) is 38.6 cm³/mol. The third kappa shape index (κ3) is 5.87. The van der Waals surface area contributed by atoms with Crippen molar-refractivity contribution in [3.05, 3.63) is 0 Å². The van der Waals surface area contributed by atoms with Gasteiger partial charge in [-0.3, -0.25) is 0 Å². The third-order valence-corrected chi connectivity index (χ3v) is 0.716. The minimum atomic E-state index is -0.531. The molecule has 0 bridgehead atoms. The summed E-state index contributed by atoms with van der Waals surface area (Å²) < 4.78 is 0. The van der Waals surface area contributed by atoms with E-state index in [0.717, 1.165) is 0 Å². The first-order valence-corrected chi connectivity index (χ1v) is 2.73. The molecule has 46 valence electrons. The zero-order chi connectivity index (χ0) is 6.57. The Labute approximate surface area is 54.4 Å². The maximum absolute atomic E-state index is 8.57. The van der Waals surface area contributed by atoms with Crippen molar-refractivity contribution < 1.29 is 5.02 Å². The van der Waals surface area contributed by atoms with E-state index in [0.29, 0.717) is 11.5 Å². The Morgan fingerprint density at radius 1 is 2.00 bits per heavy atom. The van der Waals surface area contributed by atoms with Crippen LogP contribution in [0, 0.1) is 0 Å². The van der Waals surface area contributed by atoms with Crippen LogP contribution in [0.3, 0.4) is 0 Å². The Hall–Kier alpha value is -0.125. The Morgan fingerprint density at radius 3 is 2.62 bits per heavy atom. The quantitative estimate of drug-likeness (QED) is 0.339. The lowest BCUT2D eigenvalue weighted by atomic mass is 9.89. The van der Waals surface area contributed by atoms with Crippen LogP contribution in [0.25, 0.3) is 0 Å². The minimum absolute atomic E-state index is 0.367. The summed E-state index contributed by atoms with van der Waals surface area (Å²) in [4.78, 5) is 0.367. The largest absolute Gasteiger partial charge is 0.437 e. The second kappa shape index (κ2) is 3.83. The lowest BCUT2D eigenvalue weighted by Crippen LogP contribution is -2.37. The van der Waals surface area contributed by atoms with Crippen molar-refractivity contribution in [2.45, 2.75) is 6.82 Å². The molecule has 0 unspecified atom stereocenters. The van der Waals surface area contributed by atoms with Crippen molar-refractivity contribution in [1.82, 2.24) is 5.23 Å².